The number of hydrogen-bond donors (Lipinski definition) is 3. The number of fused-ring (bicyclic) bond motifs is 1. The van der Waals surface area contributed by atoms with Crippen LogP contribution in [0, 0.1) is 6.92 Å². The molecule has 90 valence electrons. The number of hydrogen-bond acceptors (Lipinski definition) is 4. The number of nitrogens with two attached hydrogens (primary N) is 1. The van der Waals surface area contributed by atoms with Crippen molar-refractivity contribution in [3.8, 4) is 0 Å². The van der Waals surface area contributed by atoms with Gasteiger partial charge < -0.3 is 15.9 Å². The Labute approximate surface area is 99.7 Å². The van der Waals surface area contributed by atoms with Crippen molar-refractivity contribution in [2.45, 2.75) is 19.1 Å². The van der Waals surface area contributed by atoms with E-state index in [0.717, 1.165) is 16.5 Å². The molecule has 0 aliphatic carbocycles. The lowest BCUT2D eigenvalue weighted by Gasteiger charge is -2.19. The van der Waals surface area contributed by atoms with Crippen LogP contribution in [0.3, 0.4) is 0 Å². The summed E-state index contributed by atoms with van der Waals surface area (Å²) in [7, 11) is 0. The third kappa shape index (κ3) is 2.15. The maximum absolute atomic E-state index is 9.97. The van der Waals surface area contributed by atoms with Crippen molar-refractivity contribution in [1.29, 1.82) is 0 Å². The number of pyridine rings is 1. The summed E-state index contributed by atoms with van der Waals surface area (Å²) in [5.74, 6) is 0. The fourth-order valence-corrected chi connectivity index (χ4v) is 1.96. The molecule has 0 saturated carbocycles. The second kappa shape index (κ2) is 4.79. The Morgan fingerprint density at radius 2 is 2.06 bits per heavy atom. The number of nitrogens with zero attached hydrogens (tertiary/aromatic N) is 1. The second-order valence-electron chi connectivity index (χ2n) is 4.10. The van der Waals surface area contributed by atoms with E-state index in [1.165, 1.54) is 0 Å². The van der Waals surface area contributed by atoms with Crippen molar-refractivity contribution in [1.82, 2.24) is 4.98 Å². The van der Waals surface area contributed by atoms with Gasteiger partial charge in [0.25, 0.3) is 0 Å². The zero-order valence-corrected chi connectivity index (χ0v) is 9.67. The molecule has 1 aromatic carbocycles. The highest BCUT2D eigenvalue weighted by Crippen LogP contribution is 2.26. The number of aliphatic hydroxyl groups excluding tert-OH is 2. The van der Waals surface area contributed by atoms with Crippen LogP contribution in [0.1, 0.15) is 17.2 Å². The molecule has 2 rings (SSSR count). The molecule has 0 amide bonds. The van der Waals surface area contributed by atoms with E-state index in [1.807, 2.05) is 31.2 Å². The Balaban J connectivity index is 2.52. The summed E-state index contributed by atoms with van der Waals surface area (Å²) in [5, 5.41) is 20.6. The number of rotatable bonds is 3. The van der Waals surface area contributed by atoms with Gasteiger partial charge in [-0.15, -0.1) is 0 Å². The summed E-state index contributed by atoms with van der Waals surface area (Å²) >= 11 is 0. The Bertz CT molecular complexity index is 528. The van der Waals surface area contributed by atoms with Gasteiger partial charge in [0.15, 0.2) is 0 Å². The molecule has 0 fully saturated rings. The molecular formula is C13H16N2O2. The molecule has 17 heavy (non-hydrogen) atoms. The summed E-state index contributed by atoms with van der Waals surface area (Å²) < 4.78 is 0. The van der Waals surface area contributed by atoms with Crippen LogP contribution >= 0.6 is 0 Å². The largest absolute Gasteiger partial charge is 0.389 e. The molecule has 0 bridgehead atoms. The standard InChI is InChI=1S/C13H16N2O2/c1-8-10(13(17)11(16)7-14)5-4-9-3-2-6-15-12(8)9/h2-6,11,13,16-17H,7,14H2,1H3. The minimum absolute atomic E-state index is 0.0286. The van der Waals surface area contributed by atoms with Gasteiger partial charge in [0.05, 0.1) is 11.6 Å². The first-order valence-electron chi connectivity index (χ1n) is 5.55. The lowest BCUT2D eigenvalue weighted by atomic mass is 9.97. The van der Waals surface area contributed by atoms with Crippen LogP contribution in [0.2, 0.25) is 0 Å². The van der Waals surface area contributed by atoms with Crippen LogP contribution in [0.4, 0.5) is 0 Å². The maximum Gasteiger partial charge on any atom is 0.106 e. The molecule has 0 aliphatic heterocycles. The predicted molar refractivity (Wildman–Crippen MR) is 66.5 cm³/mol. The van der Waals surface area contributed by atoms with Crippen molar-refractivity contribution in [2.24, 2.45) is 5.73 Å². The summed E-state index contributed by atoms with van der Waals surface area (Å²) in [6.45, 7) is 1.91. The Hall–Kier alpha value is -1.49. The smallest absolute Gasteiger partial charge is 0.106 e. The van der Waals surface area contributed by atoms with Crippen LogP contribution in [0.5, 0.6) is 0 Å². The van der Waals surface area contributed by atoms with Crippen molar-refractivity contribution in [2.75, 3.05) is 6.54 Å². The van der Waals surface area contributed by atoms with Crippen LogP contribution < -0.4 is 5.73 Å². The minimum atomic E-state index is -0.966. The van der Waals surface area contributed by atoms with E-state index in [0.29, 0.717) is 5.56 Å². The van der Waals surface area contributed by atoms with Crippen molar-refractivity contribution >= 4 is 10.9 Å². The third-order valence-electron chi connectivity index (χ3n) is 2.99. The topological polar surface area (TPSA) is 79.4 Å². The summed E-state index contributed by atoms with van der Waals surface area (Å²) in [5.41, 5.74) is 7.74. The first kappa shape index (κ1) is 12.0. The highest BCUT2D eigenvalue weighted by Gasteiger charge is 2.19. The molecular weight excluding hydrogens is 216 g/mol. The van der Waals surface area contributed by atoms with Crippen LogP contribution in [0.15, 0.2) is 30.5 Å². The van der Waals surface area contributed by atoms with Crippen LogP contribution in [-0.4, -0.2) is 27.8 Å². The molecule has 4 N–H and O–H groups in total. The summed E-state index contributed by atoms with van der Waals surface area (Å²) in [6.07, 6.45) is -0.202. The van der Waals surface area contributed by atoms with Gasteiger partial charge >= 0.3 is 0 Å². The molecule has 0 spiro atoms. The van der Waals surface area contributed by atoms with Gasteiger partial charge in [-0.25, -0.2) is 0 Å². The van der Waals surface area contributed by atoms with Gasteiger partial charge in [-0.1, -0.05) is 18.2 Å². The van der Waals surface area contributed by atoms with E-state index >= 15 is 0 Å². The second-order valence-corrected chi connectivity index (χ2v) is 4.10. The molecule has 1 heterocycles. The normalized spacial score (nSPS) is 14.8. The number of aliphatic hydroxyl groups is 2. The number of benzene rings is 1. The fourth-order valence-electron chi connectivity index (χ4n) is 1.96. The van der Waals surface area contributed by atoms with Crippen molar-refractivity contribution < 1.29 is 10.2 Å². The van der Waals surface area contributed by atoms with Crippen LogP contribution in [0.25, 0.3) is 10.9 Å². The Kier molecular flexibility index (Phi) is 3.38. The zero-order chi connectivity index (χ0) is 12.4. The summed E-state index contributed by atoms with van der Waals surface area (Å²) in [4.78, 5) is 4.28. The van der Waals surface area contributed by atoms with Crippen molar-refractivity contribution in [3.05, 3.63) is 41.6 Å². The van der Waals surface area contributed by atoms with E-state index in [-0.39, 0.29) is 6.54 Å². The SMILES string of the molecule is Cc1c(C(O)C(O)CN)ccc2cccnc12. The van der Waals surface area contributed by atoms with E-state index in [2.05, 4.69) is 4.98 Å². The third-order valence-corrected chi connectivity index (χ3v) is 2.99. The lowest BCUT2D eigenvalue weighted by Crippen LogP contribution is -2.27. The van der Waals surface area contributed by atoms with Crippen molar-refractivity contribution in [3.63, 3.8) is 0 Å². The first-order valence-corrected chi connectivity index (χ1v) is 5.55. The fraction of sp³-hybridized carbons (Fsp3) is 0.308. The van der Waals surface area contributed by atoms with E-state index < -0.39 is 12.2 Å². The highest BCUT2D eigenvalue weighted by molar-refractivity contribution is 5.82. The monoisotopic (exact) mass is 232 g/mol. The van der Waals surface area contributed by atoms with Gasteiger partial charge in [0, 0.05) is 18.1 Å². The van der Waals surface area contributed by atoms with Gasteiger partial charge in [-0.05, 0) is 24.1 Å². The average molecular weight is 232 g/mol. The molecule has 2 atom stereocenters. The molecule has 0 radical (unpaired) electrons. The maximum atomic E-state index is 9.97. The molecule has 2 unspecified atom stereocenters. The lowest BCUT2D eigenvalue weighted by molar-refractivity contribution is 0.0240. The Morgan fingerprint density at radius 1 is 1.29 bits per heavy atom. The predicted octanol–water partition coefficient (Wildman–Crippen LogP) is 0.896. The van der Waals surface area contributed by atoms with Crippen LogP contribution in [-0.2, 0) is 0 Å². The first-order chi connectivity index (χ1) is 8.15. The van der Waals surface area contributed by atoms with E-state index in [4.69, 9.17) is 5.73 Å². The molecule has 4 heteroatoms. The molecule has 0 aliphatic rings. The zero-order valence-electron chi connectivity index (χ0n) is 9.67. The molecule has 0 saturated heterocycles. The van der Waals surface area contributed by atoms with Gasteiger partial charge in [-0.3, -0.25) is 4.98 Å². The minimum Gasteiger partial charge on any atom is -0.389 e. The highest BCUT2D eigenvalue weighted by atomic mass is 16.3. The average Bonchev–Trinajstić information content (AvgIpc) is 2.38. The Morgan fingerprint density at radius 3 is 2.76 bits per heavy atom. The van der Waals surface area contributed by atoms with E-state index in [9.17, 15) is 10.2 Å². The molecule has 2 aromatic rings. The van der Waals surface area contributed by atoms with Gasteiger partial charge in [-0.2, -0.15) is 0 Å². The molecule has 1 aromatic heterocycles. The van der Waals surface area contributed by atoms with E-state index in [1.54, 1.807) is 6.20 Å². The number of aryl methyl sites for hydroxylation is 1. The van der Waals surface area contributed by atoms with Gasteiger partial charge in [0.2, 0.25) is 0 Å². The quantitative estimate of drug-likeness (QED) is 0.734. The molecule has 4 nitrogen and oxygen atoms in total. The summed E-state index contributed by atoms with van der Waals surface area (Å²) in [6, 6.07) is 7.53. The number of aromatic nitrogens is 1. The van der Waals surface area contributed by atoms with Gasteiger partial charge in [0.1, 0.15) is 6.10 Å².